The van der Waals surface area contributed by atoms with Crippen LogP contribution in [0, 0.1) is 5.92 Å². The van der Waals surface area contributed by atoms with Crippen LogP contribution in [0.2, 0.25) is 0 Å². The third-order valence-corrected chi connectivity index (χ3v) is 3.36. The predicted octanol–water partition coefficient (Wildman–Crippen LogP) is -0.00530. The molecule has 1 aromatic heterocycles. The number of aryl methyl sites for hydroxylation is 1. The summed E-state index contributed by atoms with van der Waals surface area (Å²) >= 11 is 0. The van der Waals surface area contributed by atoms with E-state index in [2.05, 4.69) is 14.3 Å². The number of hydrogen-bond acceptors (Lipinski definition) is 3. The van der Waals surface area contributed by atoms with Gasteiger partial charge in [0.05, 0.1) is 6.26 Å². The molecule has 2 heterocycles. The summed E-state index contributed by atoms with van der Waals surface area (Å²) in [5.41, 5.74) is 0. The zero-order valence-corrected chi connectivity index (χ0v) is 9.50. The summed E-state index contributed by atoms with van der Waals surface area (Å²) in [6, 6.07) is 0. The lowest BCUT2D eigenvalue weighted by Crippen LogP contribution is -2.32. The number of nitrogens with one attached hydrogen (secondary N) is 1. The van der Waals surface area contributed by atoms with Crippen molar-refractivity contribution in [2.24, 2.45) is 5.92 Å². The third-order valence-electron chi connectivity index (χ3n) is 2.67. The van der Waals surface area contributed by atoms with Crippen LogP contribution in [0.4, 0.5) is 0 Å². The molecular formula is C9H15N3O2S. The maximum atomic E-state index is 10.9. The first-order valence-electron chi connectivity index (χ1n) is 4.99. The molecule has 0 amide bonds. The smallest absolute Gasteiger partial charge is 0.208 e. The molecule has 0 aromatic carbocycles. The van der Waals surface area contributed by atoms with Crippen molar-refractivity contribution >= 4 is 10.0 Å². The van der Waals surface area contributed by atoms with Crippen molar-refractivity contribution in [3.8, 4) is 0 Å². The normalized spacial score (nSPS) is 21.3. The molecule has 15 heavy (non-hydrogen) atoms. The van der Waals surface area contributed by atoms with E-state index in [0.29, 0.717) is 12.5 Å². The molecular weight excluding hydrogens is 214 g/mol. The van der Waals surface area contributed by atoms with Crippen molar-refractivity contribution in [1.82, 2.24) is 14.3 Å². The molecule has 6 heteroatoms. The molecule has 1 aromatic rings. The summed E-state index contributed by atoms with van der Waals surface area (Å²) < 4.78 is 26.5. The van der Waals surface area contributed by atoms with Crippen molar-refractivity contribution in [2.45, 2.75) is 19.4 Å². The van der Waals surface area contributed by atoms with Gasteiger partial charge < -0.3 is 4.57 Å². The van der Waals surface area contributed by atoms with Gasteiger partial charge in [-0.1, -0.05) is 0 Å². The van der Waals surface area contributed by atoms with Gasteiger partial charge in [-0.3, -0.25) is 0 Å². The predicted molar refractivity (Wildman–Crippen MR) is 56.9 cm³/mol. The van der Waals surface area contributed by atoms with Crippen molar-refractivity contribution in [3.05, 3.63) is 18.2 Å². The average molecular weight is 229 g/mol. The molecule has 1 aliphatic rings. The minimum Gasteiger partial charge on any atom is -0.335 e. The summed E-state index contributed by atoms with van der Waals surface area (Å²) in [6.07, 6.45) is 6.87. The van der Waals surface area contributed by atoms with Crippen molar-refractivity contribution in [3.63, 3.8) is 0 Å². The van der Waals surface area contributed by atoms with E-state index in [1.807, 2.05) is 6.20 Å². The molecule has 2 rings (SSSR count). The highest BCUT2D eigenvalue weighted by Crippen LogP contribution is 2.17. The van der Waals surface area contributed by atoms with Crippen LogP contribution in [0.15, 0.2) is 12.4 Å². The van der Waals surface area contributed by atoms with Crippen LogP contribution in [0.1, 0.15) is 12.2 Å². The molecule has 0 fully saturated rings. The van der Waals surface area contributed by atoms with Gasteiger partial charge in [0, 0.05) is 31.9 Å². The Morgan fingerprint density at radius 3 is 3.20 bits per heavy atom. The van der Waals surface area contributed by atoms with Gasteiger partial charge in [0.2, 0.25) is 10.0 Å². The van der Waals surface area contributed by atoms with E-state index in [1.165, 1.54) is 6.26 Å². The average Bonchev–Trinajstić information content (AvgIpc) is 2.60. The molecule has 5 nitrogen and oxygen atoms in total. The summed E-state index contributed by atoms with van der Waals surface area (Å²) in [5.74, 6) is 1.48. The zero-order chi connectivity index (χ0) is 10.9. The number of imidazole rings is 1. The minimum atomic E-state index is -3.06. The highest BCUT2D eigenvalue weighted by molar-refractivity contribution is 7.88. The summed E-state index contributed by atoms with van der Waals surface area (Å²) in [6.45, 7) is 1.38. The van der Waals surface area contributed by atoms with E-state index in [1.54, 1.807) is 6.20 Å². The largest absolute Gasteiger partial charge is 0.335 e. The Hall–Kier alpha value is -0.880. The molecule has 0 aliphatic carbocycles. The lowest BCUT2D eigenvalue weighted by molar-refractivity contribution is 0.364. The first kappa shape index (κ1) is 10.6. The van der Waals surface area contributed by atoms with Crippen molar-refractivity contribution < 1.29 is 8.42 Å². The summed E-state index contributed by atoms with van der Waals surface area (Å²) in [4.78, 5) is 4.22. The van der Waals surface area contributed by atoms with Crippen LogP contribution in [0.5, 0.6) is 0 Å². The fourth-order valence-corrected chi connectivity index (χ4v) is 2.41. The molecule has 84 valence electrons. The Bertz CT molecular complexity index is 438. The zero-order valence-electron chi connectivity index (χ0n) is 8.68. The Morgan fingerprint density at radius 1 is 1.67 bits per heavy atom. The van der Waals surface area contributed by atoms with Gasteiger partial charge in [-0.15, -0.1) is 0 Å². The van der Waals surface area contributed by atoms with Crippen molar-refractivity contribution in [2.75, 3.05) is 12.8 Å². The number of rotatable bonds is 3. The van der Waals surface area contributed by atoms with E-state index < -0.39 is 10.0 Å². The summed E-state index contributed by atoms with van der Waals surface area (Å²) in [5, 5.41) is 0. The maximum absolute atomic E-state index is 10.9. The lowest BCUT2D eigenvalue weighted by atomic mass is 10.00. The first-order chi connectivity index (χ1) is 7.04. The monoisotopic (exact) mass is 229 g/mol. The fourth-order valence-electron chi connectivity index (χ4n) is 1.87. The van der Waals surface area contributed by atoms with Crippen LogP contribution >= 0.6 is 0 Å². The Morgan fingerprint density at radius 2 is 2.47 bits per heavy atom. The second kappa shape index (κ2) is 3.94. The van der Waals surface area contributed by atoms with Gasteiger partial charge in [-0.2, -0.15) is 0 Å². The molecule has 1 atom stereocenters. The van der Waals surface area contributed by atoms with Gasteiger partial charge in [0.1, 0.15) is 5.82 Å². The lowest BCUT2D eigenvalue weighted by Gasteiger charge is -2.23. The second-order valence-corrected chi connectivity index (χ2v) is 5.85. The quantitative estimate of drug-likeness (QED) is 0.793. The van der Waals surface area contributed by atoms with Crippen LogP contribution in [0.3, 0.4) is 0 Å². The fraction of sp³-hybridized carbons (Fsp3) is 0.667. The first-order valence-corrected chi connectivity index (χ1v) is 6.88. The molecule has 1 aliphatic heterocycles. The van der Waals surface area contributed by atoms with Gasteiger partial charge in [-0.25, -0.2) is 18.1 Å². The number of hydrogen-bond donors (Lipinski definition) is 1. The third kappa shape index (κ3) is 2.79. The number of aromatic nitrogens is 2. The molecule has 0 saturated carbocycles. The van der Waals surface area contributed by atoms with E-state index in [-0.39, 0.29) is 0 Å². The SMILES string of the molecule is CS(=O)(=O)NC[C@H]1CCc2nccn2C1. The van der Waals surface area contributed by atoms with Gasteiger partial charge in [-0.05, 0) is 12.3 Å². The number of fused-ring (bicyclic) bond motifs is 1. The topological polar surface area (TPSA) is 64.0 Å². The van der Waals surface area contributed by atoms with Crippen molar-refractivity contribution in [1.29, 1.82) is 0 Å². The van der Waals surface area contributed by atoms with Crippen LogP contribution in [0.25, 0.3) is 0 Å². The molecule has 0 radical (unpaired) electrons. The standard InChI is InChI=1S/C9H15N3O2S/c1-15(13,14)11-6-8-2-3-9-10-4-5-12(9)7-8/h4-5,8,11H,2-3,6-7H2,1H3/t8-/m1/s1. The highest BCUT2D eigenvalue weighted by atomic mass is 32.2. The second-order valence-electron chi connectivity index (χ2n) is 4.02. The molecule has 0 spiro atoms. The summed E-state index contributed by atoms with van der Waals surface area (Å²) in [7, 11) is -3.06. The molecule has 1 N–H and O–H groups in total. The van der Waals surface area contributed by atoms with E-state index >= 15 is 0 Å². The van der Waals surface area contributed by atoms with E-state index in [0.717, 1.165) is 25.2 Å². The highest BCUT2D eigenvalue weighted by Gasteiger charge is 2.19. The Labute approximate surface area is 89.6 Å². The Balaban J connectivity index is 1.93. The van der Waals surface area contributed by atoms with Crippen LogP contribution in [-0.2, 0) is 23.0 Å². The van der Waals surface area contributed by atoms with Gasteiger partial charge in [0.15, 0.2) is 0 Å². The Kier molecular flexibility index (Phi) is 2.79. The van der Waals surface area contributed by atoms with Gasteiger partial charge in [0.25, 0.3) is 0 Å². The maximum Gasteiger partial charge on any atom is 0.208 e. The van der Waals surface area contributed by atoms with Gasteiger partial charge >= 0.3 is 0 Å². The molecule has 0 bridgehead atoms. The van der Waals surface area contributed by atoms with Crippen LogP contribution in [-0.4, -0.2) is 30.8 Å². The van der Waals surface area contributed by atoms with E-state index in [4.69, 9.17) is 0 Å². The van der Waals surface area contributed by atoms with E-state index in [9.17, 15) is 8.42 Å². The minimum absolute atomic E-state index is 0.376. The molecule has 0 saturated heterocycles. The number of nitrogens with zero attached hydrogens (tertiary/aromatic N) is 2. The van der Waals surface area contributed by atoms with Crippen LogP contribution < -0.4 is 4.72 Å². The number of sulfonamides is 1. The molecule has 0 unspecified atom stereocenters.